The molecule has 0 bridgehead atoms. The minimum Gasteiger partial charge on any atom is -0.355 e. The highest BCUT2D eigenvalue weighted by Gasteiger charge is 2.24. The summed E-state index contributed by atoms with van der Waals surface area (Å²) in [6, 6.07) is 21.0. The van der Waals surface area contributed by atoms with E-state index < -0.39 is 0 Å². The zero-order valence-electron chi connectivity index (χ0n) is 17.5. The maximum Gasteiger partial charge on any atom is 0.239 e. The van der Waals surface area contributed by atoms with Gasteiger partial charge >= 0.3 is 0 Å². The molecule has 3 N–H and O–H groups in total. The van der Waals surface area contributed by atoms with E-state index in [2.05, 4.69) is 56.2 Å². The van der Waals surface area contributed by atoms with Gasteiger partial charge < -0.3 is 16.0 Å². The summed E-state index contributed by atoms with van der Waals surface area (Å²) in [6.45, 7) is 3.64. The number of guanidine groups is 1. The van der Waals surface area contributed by atoms with Crippen molar-refractivity contribution in [1.82, 2.24) is 20.9 Å². The van der Waals surface area contributed by atoms with E-state index in [0.717, 1.165) is 25.2 Å². The average Bonchev–Trinajstić information content (AvgIpc) is 3.20. The molecule has 3 rings (SSSR count). The summed E-state index contributed by atoms with van der Waals surface area (Å²) in [4.78, 5) is 18.8. The molecule has 7 heteroatoms. The maximum absolute atomic E-state index is 12.1. The lowest BCUT2D eigenvalue weighted by Gasteiger charge is -2.25. The fourth-order valence-electron chi connectivity index (χ4n) is 3.61. The van der Waals surface area contributed by atoms with Gasteiger partial charge in [-0.1, -0.05) is 60.7 Å². The third-order valence-electron chi connectivity index (χ3n) is 5.21. The van der Waals surface area contributed by atoms with Crippen molar-refractivity contribution < 1.29 is 4.79 Å². The van der Waals surface area contributed by atoms with Gasteiger partial charge in [0.1, 0.15) is 0 Å². The van der Waals surface area contributed by atoms with E-state index in [0.29, 0.717) is 18.5 Å². The van der Waals surface area contributed by atoms with Gasteiger partial charge in [0.15, 0.2) is 5.96 Å². The molecular formula is C23H32IN5O. The molecule has 2 aromatic carbocycles. The molecule has 6 nitrogen and oxygen atoms in total. The van der Waals surface area contributed by atoms with Gasteiger partial charge in [0.05, 0.1) is 6.54 Å². The van der Waals surface area contributed by atoms with Gasteiger partial charge in [0, 0.05) is 32.7 Å². The Morgan fingerprint density at radius 1 is 1.00 bits per heavy atom. The zero-order chi connectivity index (χ0) is 20.3. The van der Waals surface area contributed by atoms with Crippen molar-refractivity contribution in [2.75, 3.05) is 26.7 Å². The number of halogens is 1. The largest absolute Gasteiger partial charge is 0.355 e. The van der Waals surface area contributed by atoms with E-state index in [1.54, 1.807) is 7.05 Å². The smallest absolute Gasteiger partial charge is 0.239 e. The van der Waals surface area contributed by atoms with Gasteiger partial charge in [0.2, 0.25) is 5.91 Å². The first-order valence-electron chi connectivity index (χ1n) is 10.3. The lowest BCUT2D eigenvalue weighted by atomic mass is 10.2. The number of hydrogen-bond donors (Lipinski definition) is 3. The third-order valence-corrected chi connectivity index (χ3v) is 5.21. The molecule has 1 aliphatic heterocycles. The van der Waals surface area contributed by atoms with Crippen LogP contribution in [0, 0.1) is 0 Å². The molecule has 0 spiro atoms. The molecule has 1 atom stereocenters. The van der Waals surface area contributed by atoms with Crippen LogP contribution in [0.3, 0.4) is 0 Å². The molecule has 1 saturated heterocycles. The fourth-order valence-corrected chi connectivity index (χ4v) is 3.61. The quantitative estimate of drug-likeness (QED) is 0.284. The molecule has 30 heavy (non-hydrogen) atoms. The molecule has 1 amide bonds. The number of likely N-dealkylation sites (tertiary alicyclic amines) is 1. The Bertz CT molecular complexity index is 785. The Morgan fingerprint density at radius 2 is 1.67 bits per heavy atom. The third kappa shape index (κ3) is 7.95. The topological polar surface area (TPSA) is 68.8 Å². The Labute approximate surface area is 196 Å². The van der Waals surface area contributed by atoms with Crippen LogP contribution in [-0.4, -0.2) is 49.5 Å². The molecule has 2 aromatic rings. The SMILES string of the molecule is CN=C(NCC(=O)NCc1ccccc1)NCC1CCCN1Cc1ccccc1.I. The molecule has 1 unspecified atom stereocenters. The number of hydrogen-bond acceptors (Lipinski definition) is 3. The van der Waals surface area contributed by atoms with E-state index in [9.17, 15) is 4.79 Å². The van der Waals surface area contributed by atoms with Gasteiger partial charge in [-0.2, -0.15) is 0 Å². The fraction of sp³-hybridized carbons (Fsp3) is 0.391. The first-order chi connectivity index (χ1) is 14.2. The van der Waals surface area contributed by atoms with E-state index in [-0.39, 0.29) is 36.4 Å². The second-order valence-electron chi connectivity index (χ2n) is 7.32. The zero-order valence-corrected chi connectivity index (χ0v) is 19.8. The first-order valence-corrected chi connectivity index (χ1v) is 10.3. The van der Waals surface area contributed by atoms with Crippen LogP contribution in [0.25, 0.3) is 0 Å². The maximum atomic E-state index is 12.1. The van der Waals surface area contributed by atoms with Crippen LogP contribution >= 0.6 is 24.0 Å². The van der Waals surface area contributed by atoms with Crippen LogP contribution in [0.1, 0.15) is 24.0 Å². The van der Waals surface area contributed by atoms with Crippen LogP contribution < -0.4 is 16.0 Å². The second-order valence-corrected chi connectivity index (χ2v) is 7.32. The van der Waals surface area contributed by atoms with Crippen molar-refractivity contribution in [2.24, 2.45) is 4.99 Å². The molecule has 1 aliphatic rings. The van der Waals surface area contributed by atoms with Gasteiger partial charge in [-0.25, -0.2) is 0 Å². The molecule has 0 aliphatic carbocycles. The first kappa shape index (κ1) is 24.1. The van der Waals surface area contributed by atoms with Gasteiger partial charge in [0.25, 0.3) is 0 Å². The van der Waals surface area contributed by atoms with E-state index in [1.807, 2.05) is 30.3 Å². The second kappa shape index (κ2) is 13.2. The Kier molecular flexibility index (Phi) is 10.6. The van der Waals surface area contributed by atoms with E-state index in [1.165, 1.54) is 18.4 Å². The predicted octanol–water partition coefficient (Wildman–Crippen LogP) is 2.75. The number of nitrogens with zero attached hydrogens (tertiary/aromatic N) is 2. The molecule has 1 fully saturated rings. The van der Waals surface area contributed by atoms with Crippen molar-refractivity contribution in [2.45, 2.75) is 32.0 Å². The highest BCUT2D eigenvalue weighted by atomic mass is 127. The molecule has 0 radical (unpaired) electrons. The van der Waals surface area contributed by atoms with Crippen LogP contribution in [-0.2, 0) is 17.9 Å². The molecular weight excluding hydrogens is 489 g/mol. The average molecular weight is 521 g/mol. The van der Waals surface area contributed by atoms with Crippen molar-refractivity contribution in [1.29, 1.82) is 0 Å². The summed E-state index contributed by atoms with van der Waals surface area (Å²) in [5, 5.41) is 9.39. The number of benzene rings is 2. The highest BCUT2D eigenvalue weighted by Crippen LogP contribution is 2.19. The van der Waals surface area contributed by atoms with Crippen molar-refractivity contribution in [3.8, 4) is 0 Å². The van der Waals surface area contributed by atoms with Crippen LogP contribution in [0.4, 0.5) is 0 Å². The van der Waals surface area contributed by atoms with E-state index >= 15 is 0 Å². The van der Waals surface area contributed by atoms with Gasteiger partial charge in [-0.15, -0.1) is 24.0 Å². The van der Waals surface area contributed by atoms with Gasteiger partial charge in [-0.05, 0) is 30.5 Å². The number of nitrogens with one attached hydrogen (secondary N) is 3. The van der Waals surface area contributed by atoms with Crippen molar-refractivity contribution >= 4 is 35.8 Å². The molecule has 162 valence electrons. The molecule has 0 aromatic heterocycles. The monoisotopic (exact) mass is 521 g/mol. The van der Waals surface area contributed by atoms with Crippen LogP contribution in [0.5, 0.6) is 0 Å². The number of amides is 1. The summed E-state index contributed by atoms with van der Waals surface area (Å²) in [6.07, 6.45) is 2.39. The van der Waals surface area contributed by atoms with Crippen molar-refractivity contribution in [3.05, 3.63) is 71.8 Å². The minimum absolute atomic E-state index is 0. The summed E-state index contributed by atoms with van der Waals surface area (Å²) in [5.74, 6) is 0.606. The Morgan fingerprint density at radius 3 is 2.33 bits per heavy atom. The number of aliphatic imine (C=N–C) groups is 1. The van der Waals surface area contributed by atoms with Crippen molar-refractivity contribution in [3.63, 3.8) is 0 Å². The van der Waals surface area contributed by atoms with Crippen LogP contribution in [0.2, 0.25) is 0 Å². The summed E-state index contributed by atoms with van der Waals surface area (Å²) in [7, 11) is 1.73. The number of carbonyl (C=O) groups is 1. The lowest BCUT2D eigenvalue weighted by molar-refractivity contribution is -0.120. The summed E-state index contributed by atoms with van der Waals surface area (Å²) < 4.78 is 0. The Hall–Kier alpha value is -2.13. The molecule has 0 saturated carbocycles. The van der Waals surface area contributed by atoms with Crippen LogP contribution in [0.15, 0.2) is 65.7 Å². The minimum atomic E-state index is -0.0524. The lowest BCUT2D eigenvalue weighted by Crippen LogP contribution is -2.47. The number of rotatable bonds is 8. The standard InChI is InChI=1S/C23H31N5O.HI/c1-24-23(27-17-22(29)25-15-19-9-4-2-5-10-19)26-16-21-13-8-14-28(21)18-20-11-6-3-7-12-20;/h2-7,9-12,21H,8,13-18H2,1H3,(H,25,29)(H2,24,26,27);1H. The summed E-state index contributed by atoms with van der Waals surface area (Å²) in [5.41, 5.74) is 2.43. The van der Waals surface area contributed by atoms with Gasteiger partial charge in [-0.3, -0.25) is 14.7 Å². The highest BCUT2D eigenvalue weighted by molar-refractivity contribution is 14.0. The Balaban J connectivity index is 0.00000320. The predicted molar refractivity (Wildman–Crippen MR) is 133 cm³/mol. The summed E-state index contributed by atoms with van der Waals surface area (Å²) >= 11 is 0. The normalized spacial score (nSPS) is 16.6. The number of carbonyl (C=O) groups excluding carboxylic acids is 1. The molecule has 1 heterocycles. The van der Waals surface area contributed by atoms with E-state index in [4.69, 9.17) is 0 Å².